The average Bonchev–Trinajstić information content (AvgIpc) is 3.26. The summed E-state index contributed by atoms with van der Waals surface area (Å²) in [5.41, 5.74) is 2.86. The van der Waals surface area contributed by atoms with Gasteiger partial charge in [-0.3, -0.25) is 4.79 Å². The van der Waals surface area contributed by atoms with Crippen LogP contribution in [0.25, 0.3) is 17.1 Å². The first-order valence-corrected chi connectivity index (χ1v) is 8.77. The first kappa shape index (κ1) is 15.9. The van der Waals surface area contributed by atoms with Gasteiger partial charge >= 0.3 is 0 Å². The van der Waals surface area contributed by atoms with Crippen LogP contribution in [0.15, 0.2) is 54.6 Å². The fourth-order valence-corrected chi connectivity index (χ4v) is 3.52. The molecule has 1 fully saturated rings. The number of fused-ring (bicyclic) bond motifs is 1. The van der Waals surface area contributed by atoms with Gasteiger partial charge in [-0.15, -0.1) is 0 Å². The van der Waals surface area contributed by atoms with Gasteiger partial charge in [-0.2, -0.15) is 0 Å². The fraction of sp³-hybridized carbons (Fsp3) is 0.200. The van der Waals surface area contributed by atoms with E-state index in [-0.39, 0.29) is 11.9 Å². The molecular weight excluding hydrogens is 334 g/mol. The second-order valence-corrected chi connectivity index (χ2v) is 6.65. The normalized spacial score (nSPS) is 17.6. The van der Waals surface area contributed by atoms with E-state index in [1.165, 1.54) is 0 Å². The molecule has 2 heterocycles. The van der Waals surface area contributed by atoms with Crippen molar-refractivity contribution in [2.24, 2.45) is 0 Å². The number of amides is 1. The van der Waals surface area contributed by atoms with Gasteiger partial charge in [0.15, 0.2) is 0 Å². The maximum Gasteiger partial charge on any atom is 0.247 e. The van der Waals surface area contributed by atoms with E-state index in [9.17, 15) is 4.79 Å². The van der Waals surface area contributed by atoms with Gasteiger partial charge in [0.2, 0.25) is 5.91 Å². The van der Waals surface area contributed by atoms with Gasteiger partial charge in [0.05, 0.1) is 17.1 Å². The Morgan fingerprint density at radius 2 is 2.12 bits per heavy atom. The molecule has 0 unspecified atom stereocenters. The quantitative estimate of drug-likeness (QED) is 0.701. The zero-order valence-corrected chi connectivity index (χ0v) is 14.4. The van der Waals surface area contributed by atoms with Crippen molar-refractivity contribution in [3.05, 3.63) is 71.0 Å². The molecule has 0 aliphatic carbocycles. The van der Waals surface area contributed by atoms with E-state index < -0.39 is 0 Å². The third kappa shape index (κ3) is 3.30. The Labute approximate surface area is 151 Å². The molecule has 1 N–H and O–H groups in total. The van der Waals surface area contributed by atoms with E-state index in [1.54, 1.807) is 6.08 Å². The second-order valence-electron chi connectivity index (χ2n) is 6.22. The summed E-state index contributed by atoms with van der Waals surface area (Å²) in [5.74, 6) is 0.867. The minimum atomic E-state index is 0.00271. The fourth-order valence-electron chi connectivity index (χ4n) is 3.32. The number of imidazole rings is 1. The molecule has 126 valence electrons. The van der Waals surface area contributed by atoms with Crippen molar-refractivity contribution in [2.45, 2.75) is 18.9 Å². The van der Waals surface area contributed by atoms with Crippen LogP contribution in [0.5, 0.6) is 0 Å². The molecule has 0 radical (unpaired) electrons. The summed E-state index contributed by atoms with van der Waals surface area (Å²) in [6.45, 7) is 0.750. The molecule has 3 aromatic rings. The standard InChI is InChI=1S/C20H18ClN3O/c21-15-6-3-5-14(13-15)10-11-19(25)24-12-4-9-18(24)20-22-16-7-1-2-8-17(16)23-20/h1-3,5-8,10-11,13,18H,4,9,12H2,(H,22,23)/b11-10+/t18-/m0/s1. The van der Waals surface area contributed by atoms with Crippen LogP contribution in [0.2, 0.25) is 5.02 Å². The van der Waals surface area contributed by atoms with Crippen LogP contribution < -0.4 is 0 Å². The first-order valence-electron chi connectivity index (χ1n) is 8.39. The predicted molar refractivity (Wildman–Crippen MR) is 100 cm³/mol. The van der Waals surface area contributed by atoms with Crippen molar-refractivity contribution in [1.29, 1.82) is 0 Å². The van der Waals surface area contributed by atoms with Crippen molar-refractivity contribution in [3.8, 4) is 0 Å². The summed E-state index contributed by atoms with van der Waals surface area (Å²) < 4.78 is 0. The highest BCUT2D eigenvalue weighted by atomic mass is 35.5. The Morgan fingerprint density at radius 1 is 1.24 bits per heavy atom. The molecule has 1 aliphatic heterocycles. The second kappa shape index (κ2) is 6.73. The number of hydrogen-bond donors (Lipinski definition) is 1. The van der Waals surface area contributed by atoms with E-state index in [0.29, 0.717) is 5.02 Å². The summed E-state index contributed by atoms with van der Waals surface area (Å²) in [6, 6.07) is 15.4. The number of aromatic nitrogens is 2. The monoisotopic (exact) mass is 351 g/mol. The minimum absolute atomic E-state index is 0.00271. The number of aromatic amines is 1. The molecule has 1 amide bonds. The van der Waals surface area contributed by atoms with Crippen molar-refractivity contribution in [1.82, 2.24) is 14.9 Å². The lowest BCUT2D eigenvalue weighted by molar-refractivity contribution is -0.126. The third-order valence-corrected chi connectivity index (χ3v) is 4.76. The molecule has 0 spiro atoms. The van der Waals surface area contributed by atoms with Crippen LogP contribution in [0, 0.1) is 0 Å². The van der Waals surface area contributed by atoms with Crippen LogP contribution >= 0.6 is 11.6 Å². The lowest BCUT2D eigenvalue weighted by Gasteiger charge is -2.21. The first-order chi connectivity index (χ1) is 12.2. The molecule has 4 rings (SSSR count). The highest BCUT2D eigenvalue weighted by Crippen LogP contribution is 2.31. The number of rotatable bonds is 3. The Morgan fingerprint density at radius 3 is 2.96 bits per heavy atom. The summed E-state index contributed by atoms with van der Waals surface area (Å²) in [6.07, 6.45) is 5.34. The molecule has 2 aromatic carbocycles. The average molecular weight is 352 g/mol. The van der Waals surface area contributed by atoms with Gasteiger partial charge in [-0.25, -0.2) is 4.98 Å². The summed E-state index contributed by atoms with van der Waals surface area (Å²) in [5, 5.41) is 0.663. The Kier molecular flexibility index (Phi) is 4.28. The lowest BCUT2D eigenvalue weighted by atomic mass is 10.2. The van der Waals surface area contributed by atoms with Crippen LogP contribution in [-0.2, 0) is 4.79 Å². The number of carbonyl (C=O) groups excluding carboxylic acids is 1. The van der Waals surface area contributed by atoms with E-state index in [1.807, 2.05) is 59.5 Å². The number of benzene rings is 2. The zero-order chi connectivity index (χ0) is 17.2. The minimum Gasteiger partial charge on any atom is -0.340 e. The van der Waals surface area contributed by atoms with Crippen LogP contribution in [-0.4, -0.2) is 27.3 Å². The SMILES string of the molecule is O=C(/C=C/c1cccc(Cl)c1)N1CCC[C@H]1c1nc2ccccc2[nH]1. The number of nitrogens with zero attached hydrogens (tertiary/aromatic N) is 2. The summed E-state index contributed by atoms with van der Waals surface area (Å²) in [4.78, 5) is 22.6. The van der Waals surface area contributed by atoms with Gasteiger partial charge in [0.1, 0.15) is 5.82 Å². The Balaban J connectivity index is 1.55. The molecule has 0 bridgehead atoms. The van der Waals surface area contributed by atoms with Gasteiger partial charge < -0.3 is 9.88 Å². The number of halogens is 1. The van der Waals surface area contributed by atoms with Crippen molar-refractivity contribution >= 4 is 34.6 Å². The zero-order valence-electron chi connectivity index (χ0n) is 13.7. The number of para-hydroxylation sites is 2. The van der Waals surface area contributed by atoms with Gasteiger partial charge in [-0.05, 0) is 48.7 Å². The number of carbonyl (C=O) groups is 1. The number of H-pyrrole nitrogens is 1. The molecule has 25 heavy (non-hydrogen) atoms. The molecule has 1 aliphatic rings. The van der Waals surface area contributed by atoms with Crippen LogP contribution in [0.1, 0.15) is 30.3 Å². The number of nitrogens with one attached hydrogen (secondary N) is 1. The molecule has 5 heteroatoms. The van der Waals surface area contributed by atoms with E-state index >= 15 is 0 Å². The highest BCUT2D eigenvalue weighted by molar-refractivity contribution is 6.30. The maximum atomic E-state index is 12.7. The van der Waals surface area contributed by atoms with E-state index in [0.717, 1.165) is 41.8 Å². The van der Waals surface area contributed by atoms with E-state index in [2.05, 4.69) is 9.97 Å². The van der Waals surface area contributed by atoms with E-state index in [4.69, 9.17) is 11.6 Å². The van der Waals surface area contributed by atoms with Gasteiger partial charge in [0, 0.05) is 17.6 Å². The smallest absolute Gasteiger partial charge is 0.247 e. The molecule has 1 aromatic heterocycles. The topological polar surface area (TPSA) is 49.0 Å². The predicted octanol–water partition coefficient (Wildman–Crippen LogP) is 4.59. The largest absolute Gasteiger partial charge is 0.340 e. The van der Waals surface area contributed by atoms with Gasteiger partial charge in [-0.1, -0.05) is 35.9 Å². The maximum absolute atomic E-state index is 12.7. The van der Waals surface area contributed by atoms with Crippen LogP contribution in [0.4, 0.5) is 0 Å². The van der Waals surface area contributed by atoms with Crippen LogP contribution in [0.3, 0.4) is 0 Å². The molecule has 0 saturated carbocycles. The summed E-state index contributed by atoms with van der Waals surface area (Å²) >= 11 is 5.99. The Hall–Kier alpha value is -2.59. The van der Waals surface area contributed by atoms with Gasteiger partial charge in [0.25, 0.3) is 0 Å². The third-order valence-electron chi connectivity index (χ3n) is 4.53. The Bertz CT molecular complexity index is 914. The van der Waals surface area contributed by atoms with Crippen molar-refractivity contribution < 1.29 is 4.79 Å². The number of likely N-dealkylation sites (tertiary alicyclic amines) is 1. The highest BCUT2D eigenvalue weighted by Gasteiger charge is 2.30. The molecule has 1 atom stereocenters. The number of hydrogen-bond acceptors (Lipinski definition) is 2. The van der Waals surface area contributed by atoms with Crippen molar-refractivity contribution in [2.75, 3.05) is 6.54 Å². The molecular formula is C20H18ClN3O. The lowest BCUT2D eigenvalue weighted by Crippen LogP contribution is -2.29. The van der Waals surface area contributed by atoms with Crippen molar-refractivity contribution in [3.63, 3.8) is 0 Å². The molecule has 1 saturated heterocycles. The summed E-state index contributed by atoms with van der Waals surface area (Å²) in [7, 11) is 0. The molecule has 4 nitrogen and oxygen atoms in total.